The van der Waals surface area contributed by atoms with Crippen molar-refractivity contribution in [1.82, 2.24) is 15.0 Å². The van der Waals surface area contributed by atoms with E-state index in [4.69, 9.17) is 0 Å². The van der Waals surface area contributed by atoms with E-state index < -0.39 is 0 Å². The molecule has 4 rings (SSSR count). The number of amides is 1. The summed E-state index contributed by atoms with van der Waals surface area (Å²) in [7, 11) is 0. The molecule has 1 aromatic carbocycles. The summed E-state index contributed by atoms with van der Waals surface area (Å²) < 4.78 is 0. The second-order valence-corrected chi connectivity index (χ2v) is 6.43. The highest BCUT2D eigenvalue weighted by molar-refractivity contribution is 7.14. The topological polar surface area (TPSA) is 67.8 Å². The van der Waals surface area contributed by atoms with Crippen molar-refractivity contribution >= 4 is 33.3 Å². The molecule has 0 bridgehead atoms. The van der Waals surface area contributed by atoms with Crippen molar-refractivity contribution in [2.75, 3.05) is 5.32 Å². The average Bonchev–Trinajstić information content (AvgIpc) is 3.10. The van der Waals surface area contributed by atoms with Crippen LogP contribution >= 0.6 is 11.3 Å². The highest BCUT2D eigenvalue weighted by Gasteiger charge is 2.11. The number of carbonyl (C=O) groups excluding carboxylic acids is 1. The lowest BCUT2D eigenvalue weighted by Crippen LogP contribution is -2.11. The van der Waals surface area contributed by atoms with Gasteiger partial charge in [0, 0.05) is 28.2 Å². The van der Waals surface area contributed by atoms with Gasteiger partial charge >= 0.3 is 0 Å². The standard InChI is InChI=1S/C19H14N4OS/c1-12-5-6-13-7-8-14(10-16(13)21-12)18(24)23-19-22-17(11-25-19)15-4-2-3-9-20-15/h2-11H,1H3,(H,22,23,24). The highest BCUT2D eigenvalue weighted by atomic mass is 32.1. The largest absolute Gasteiger partial charge is 0.298 e. The molecule has 0 atom stereocenters. The summed E-state index contributed by atoms with van der Waals surface area (Å²) in [6.07, 6.45) is 1.72. The van der Waals surface area contributed by atoms with Crippen LogP contribution in [-0.2, 0) is 0 Å². The smallest absolute Gasteiger partial charge is 0.257 e. The van der Waals surface area contributed by atoms with Crippen LogP contribution in [0.4, 0.5) is 5.13 Å². The molecule has 0 aliphatic carbocycles. The van der Waals surface area contributed by atoms with Gasteiger partial charge < -0.3 is 0 Å². The van der Waals surface area contributed by atoms with Crippen LogP contribution < -0.4 is 5.32 Å². The Morgan fingerprint density at radius 2 is 1.92 bits per heavy atom. The molecule has 0 saturated carbocycles. The molecular formula is C19H14N4OS. The third-order valence-electron chi connectivity index (χ3n) is 3.75. The molecule has 25 heavy (non-hydrogen) atoms. The first-order chi connectivity index (χ1) is 12.2. The van der Waals surface area contributed by atoms with Crippen molar-refractivity contribution < 1.29 is 4.79 Å². The summed E-state index contributed by atoms with van der Waals surface area (Å²) >= 11 is 1.37. The SMILES string of the molecule is Cc1ccc2ccc(C(=O)Nc3nc(-c4ccccn4)cs3)cc2n1. The second kappa shape index (κ2) is 6.41. The van der Waals surface area contributed by atoms with E-state index in [1.165, 1.54) is 11.3 Å². The second-order valence-electron chi connectivity index (χ2n) is 5.57. The average molecular weight is 346 g/mol. The first kappa shape index (κ1) is 15.4. The Morgan fingerprint density at radius 1 is 1.04 bits per heavy atom. The van der Waals surface area contributed by atoms with Crippen molar-refractivity contribution in [1.29, 1.82) is 0 Å². The van der Waals surface area contributed by atoms with E-state index in [-0.39, 0.29) is 5.91 Å². The van der Waals surface area contributed by atoms with Crippen LogP contribution in [-0.4, -0.2) is 20.9 Å². The predicted octanol–water partition coefficient (Wildman–Crippen LogP) is 4.31. The normalized spacial score (nSPS) is 10.8. The minimum absolute atomic E-state index is 0.202. The van der Waals surface area contributed by atoms with Crippen LogP contribution in [0.15, 0.2) is 60.1 Å². The van der Waals surface area contributed by atoms with Crippen molar-refractivity contribution in [3.63, 3.8) is 0 Å². The van der Waals surface area contributed by atoms with Crippen LogP contribution in [0.5, 0.6) is 0 Å². The van der Waals surface area contributed by atoms with Gasteiger partial charge in [0.1, 0.15) is 5.69 Å². The highest BCUT2D eigenvalue weighted by Crippen LogP contribution is 2.24. The summed E-state index contributed by atoms with van der Waals surface area (Å²) in [5, 5.41) is 6.27. The maximum Gasteiger partial charge on any atom is 0.257 e. The quantitative estimate of drug-likeness (QED) is 0.600. The van der Waals surface area contributed by atoms with Crippen LogP contribution in [0.3, 0.4) is 0 Å². The number of anilines is 1. The molecule has 0 fully saturated rings. The van der Waals surface area contributed by atoms with Gasteiger partial charge in [-0.1, -0.05) is 18.2 Å². The van der Waals surface area contributed by atoms with Gasteiger partial charge in [0.15, 0.2) is 5.13 Å². The third kappa shape index (κ3) is 3.25. The van der Waals surface area contributed by atoms with Crippen molar-refractivity contribution in [3.8, 4) is 11.4 Å². The summed E-state index contributed by atoms with van der Waals surface area (Å²) in [6, 6.07) is 15.1. The zero-order valence-electron chi connectivity index (χ0n) is 13.4. The fraction of sp³-hybridized carbons (Fsp3) is 0.0526. The van der Waals surface area contributed by atoms with Crippen LogP contribution in [0.1, 0.15) is 16.1 Å². The monoisotopic (exact) mass is 346 g/mol. The van der Waals surface area contributed by atoms with Crippen LogP contribution in [0.25, 0.3) is 22.3 Å². The predicted molar refractivity (Wildman–Crippen MR) is 99.8 cm³/mol. The lowest BCUT2D eigenvalue weighted by Gasteiger charge is -2.04. The number of benzene rings is 1. The molecule has 0 saturated heterocycles. The first-order valence-electron chi connectivity index (χ1n) is 7.75. The van der Waals surface area contributed by atoms with Gasteiger partial charge in [-0.15, -0.1) is 11.3 Å². The third-order valence-corrected chi connectivity index (χ3v) is 4.50. The maximum absolute atomic E-state index is 12.5. The van der Waals surface area contributed by atoms with E-state index in [9.17, 15) is 4.79 Å². The number of aromatic nitrogens is 3. The number of hydrogen-bond acceptors (Lipinski definition) is 5. The van der Waals surface area contributed by atoms with Gasteiger partial charge in [0.05, 0.1) is 11.2 Å². The molecule has 0 aliphatic rings. The molecule has 1 N–H and O–H groups in total. The molecule has 1 amide bonds. The van der Waals surface area contributed by atoms with Gasteiger partial charge in [-0.05, 0) is 37.3 Å². The number of nitrogens with zero attached hydrogens (tertiary/aromatic N) is 3. The summed E-state index contributed by atoms with van der Waals surface area (Å²) in [5.74, 6) is -0.202. The minimum Gasteiger partial charge on any atom is -0.298 e. The summed E-state index contributed by atoms with van der Waals surface area (Å²) in [6.45, 7) is 1.93. The molecule has 0 aliphatic heterocycles. The molecule has 122 valence electrons. The molecular weight excluding hydrogens is 332 g/mol. The molecule has 3 heterocycles. The zero-order chi connectivity index (χ0) is 17.2. The van der Waals surface area contributed by atoms with Crippen molar-refractivity contribution in [3.05, 3.63) is 71.4 Å². The fourth-order valence-electron chi connectivity index (χ4n) is 2.49. The number of hydrogen-bond donors (Lipinski definition) is 1. The molecule has 5 nitrogen and oxygen atoms in total. The van der Waals surface area contributed by atoms with E-state index in [0.717, 1.165) is 28.0 Å². The Morgan fingerprint density at radius 3 is 2.76 bits per heavy atom. The summed E-state index contributed by atoms with van der Waals surface area (Å²) in [5.41, 5.74) is 3.81. The number of thiazole rings is 1. The Labute approximate surface area is 148 Å². The van der Waals surface area contributed by atoms with Crippen molar-refractivity contribution in [2.24, 2.45) is 0 Å². The summed E-state index contributed by atoms with van der Waals surface area (Å²) in [4.78, 5) is 25.7. The fourth-order valence-corrected chi connectivity index (χ4v) is 3.19. The van der Waals surface area contributed by atoms with E-state index in [1.807, 2.05) is 48.7 Å². The molecule has 0 unspecified atom stereocenters. The van der Waals surface area contributed by atoms with Crippen molar-refractivity contribution in [2.45, 2.75) is 6.92 Å². The van der Waals surface area contributed by atoms with Gasteiger partial charge in [-0.2, -0.15) is 0 Å². The Kier molecular flexibility index (Phi) is 3.95. The van der Waals surface area contributed by atoms with E-state index in [2.05, 4.69) is 20.3 Å². The molecule has 6 heteroatoms. The Balaban J connectivity index is 1.57. The molecule has 0 radical (unpaired) electrons. The number of rotatable bonds is 3. The number of pyridine rings is 2. The van der Waals surface area contributed by atoms with Crippen LogP contribution in [0, 0.1) is 6.92 Å². The van der Waals surface area contributed by atoms with Gasteiger partial charge in [-0.3, -0.25) is 20.1 Å². The maximum atomic E-state index is 12.5. The van der Waals surface area contributed by atoms with Gasteiger partial charge in [0.2, 0.25) is 0 Å². The van der Waals surface area contributed by atoms with E-state index >= 15 is 0 Å². The van der Waals surface area contributed by atoms with E-state index in [1.54, 1.807) is 18.3 Å². The molecule has 0 spiro atoms. The Hall–Kier alpha value is -3.12. The number of aryl methyl sites for hydroxylation is 1. The number of carbonyl (C=O) groups is 1. The Bertz CT molecular complexity index is 1060. The lowest BCUT2D eigenvalue weighted by molar-refractivity contribution is 0.102. The number of fused-ring (bicyclic) bond motifs is 1. The first-order valence-corrected chi connectivity index (χ1v) is 8.63. The van der Waals surface area contributed by atoms with Gasteiger partial charge in [0.25, 0.3) is 5.91 Å². The van der Waals surface area contributed by atoms with Gasteiger partial charge in [-0.25, -0.2) is 4.98 Å². The zero-order valence-corrected chi connectivity index (χ0v) is 14.2. The minimum atomic E-state index is -0.202. The van der Waals surface area contributed by atoms with E-state index in [0.29, 0.717) is 10.7 Å². The molecule has 4 aromatic rings. The molecule has 3 aromatic heterocycles. The lowest BCUT2D eigenvalue weighted by atomic mass is 10.1. The van der Waals surface area contributed by atoms with Crippen LogP contribution in [0.2, 0.25) is 0 Å². The number of nitrogens with one attached hydrogen (secondary N) is 1.